The molecule has 4 aromatic rings. The molecule has 0 bridgehead atoms. The first-order chi connectivity index (χ1) is 13.2. The van der Waals surface area contributed by atoms with Crippen LogP contribution in [0, 0.1) is 6.92 Å². The van der Waals surface area contributed by atoms with E-state index in [0.717, 1.165) is 23.1 Å². The lowest BCUT2D eigenvalue weighted by Crippen LogP contribution is -2.12. The number of benzene rings is 1. The summed E-state index contributed by atoms with van der Waals surface area (Å²) < 4.78 is 2.24. The van der Waals surface area contributed by atoms with E-state index in [0.29, 0.717) is 17.1 Å². The van der Waals surface area contributed by atoms with Gasteiger partial charge in [0.25, 0.3) is 5.91 Å². The fourth-order valence-corrected chi connectivity index (χ4v) is 3.18. The van der Waals surface area contributed by atoms with Gasteiger partial charge in [-0.1, -0.05) is 6.07 Å². The number of fused-ring (bicyclic) bond motifs is 1. The minimum atomic E-state index is -0.242. The standard InChI is InChI=1S/C21H19N5O/c1-3-26-14(2)10-15-11-17(7-8-19(15)26)25-21(27)16-12-23-20(24-13-16)18-6-4-5-9-22-18/h4-13H,3H2,1-2H3,(H,25,27). The van der Waals surface area contributed by atoms with Crippen LogP contribution in [0.4, 0.5) is 5.69 Å². The van der Waals surface area contributed by atoms with Crippen LogP contribution in [0.3, 0.4) is 0 Å². The van der Waals surface area contributed by atoms with Gasteiger partial charge >= 0.3 is 0 Å². The molecule has 1 N–H and O–H groups in total. The zero-order valence-corrected chi connectivity index (χ0v) is 15.2. The smallest absolute Gasteiger partial charge is 0.258 e. The van der Waals surface area contributed by atoms with Gasteiger partial charge in [-0.3, -0.25) is 9.78 Å². The Balaban J connectivity index is 1.54. The van der Waals surface area contributed by atoms with Crippen LogP contribution in [0.25, 0.3) is 22.4 Å². The van der Waals surface area contributed by atoms with E-state index in [1.54, 1.807) is 6.20 Å². The largest absolute Gasteiger partial charge is 0.345 e. The lowest BCUT2D eigenvalue weighted by atomic mass is 10.2. The number of carbonyl (C=O) groups is 1. The van der Waals surface area contributed by atoms with Crippen molar-refractivity contribution in [3.8, 4) is 11.5 Å². The number of aromatic nitrogens is 4. The fraction of sp³-hybridized carbons (Fsp3) is 0.143. The molecule has 0 saturated carbocycles. The third-order valence-electron chi connectivity index (χ3n) is 4.49. The molecule has 1 aromatic carbocycles. The van der Waals surface area contributed by atoms with Crippen LogP contribution >= 0.6 is 0 Å². The van der Waals surface area contributed by atoms with E-state index in [1.807, 2.05) is 36.4 Å². The molecule has 3 aromatic heterocycles. The zero-order chi connectivity index (χ0) is 18.8. The topological polar surface area (TPSA) is 72.7 Å². The van der Waals surface area contributed by atoms with Crippen LogP contribution in [0.5, 0.6) is 0 Å². The number of hydrogen-bond donors (Lipinski definition) is 1. The van der Waals surface area contributed by atoms with Gasteiger partial charge in [-0.25, -0.2) is 9.97 Å². The molecular formula is C21H19N5O. The van der Waals surface area contributed by atoms with Crippen molar-refractivity contribution < 1.29 is 4.79 Å². The molecule has 1 amide bonds. The van der Waals surface area contributed by atoms with E-state index in [-0.39, 0.29) is 5.91 Å². The predicted octanol–water partition coefficient (Wildman–Crippen LogP) is 4.07. The molecule has 0 aliphatic carbocycles. The molecule has 0 radical (unpaired) electrons. The lowest BCUT2D eigenvalue weighted by Gasteiger charge is -2.07. The summed E-state index contributed by atoms with van der Waals surface area (Å²) in [5.74, 6) is 0.249. The molecule has 6 heteroatoms. The summed E-state index contributed by atoms with van der Waals surface area (Å²) in [6, 6.07) is 13.6. The second kappa shape index (κ2) is 6.99. The van der Waals surface area contributed by atoms with Crippen LogP contribution in [0.15, 0.2) is 61.1 Å². The number of rotatable bonds is 4. The third kappa shape index (κ3) is 3.29. The van der Waals surface area contributed by atoms with Gasteiger partial charge in [0.05, 0.1) is 5.56 Å². The molecule has 3 heterocycles. The zero-order valence-electron chi connectivity index (χ0n) is 15.2. The highest BCUT2D eigenvalue weighted by Crippen LogP contribution is 2.23. The van der Waals surface area contributed by atoms with Gasteiger partial charge < -0.3 is 9.88 Å². The van der Waals surface area contributed by atoms with E-state index >= 15 is 0 Å². The Labute approximate surface area is 156 Å². The Kier molecular flexibility index (Phi) is 4.38. The van der Waals surface area contributed by atoms with Crippen LogP contribution in [-0.2, 0) is 6.54 Å². The van der Waals surface area contributed by atoms with Crippen LogP contribution in [-0.4, -0.2) is 25.4 Å². The van der Waals surface area contributed by atoms with Crippen LogP contribution in [0.2, 0.25) is 0 Å². The molecule has 4 rings (SSSR count). The van der Waals surface area contributed by atoms with Gasteiger partial charge in [-0.15, -0.1) is 0 Å². The summed E-state index contributed by atoms with van der Waals surface area (Å²) in [4.78, 5) is 25.2. The molecular weight excluding hydrogens is 338 g/mol. The van der Waals surface area contributed by atoms with E-state index < -0.39 is 0 Å². The number of pyridine rings is 1. The SMILES string of the molecule is CCn1c(C)cc2cc(NC(=O)c3cnc(-c4ccccn4)nc3)ccc21. The maximum atomic E-state index is 12.5. The van der Waals surface area contributed by atoms with E-state index in [9.17, 15) is 4.79 Å². The number of amides is 1. The normalized spacial score (nSPS) is 10.9. The molecule has 27 heavy (non-hydrogen) atoms. The average molecular weight is 357 g/mol. The first kappa shape index (κ1) is 16.9. The van der Waals surface area contributed by atoms with Gasteiger partial charge in [0.15, 0.2) is 5.82 Å². The molecule has 134 valence electrons. The van der Waals surface area contributed by atoms with Gasteiger partial charge in [-0.05, 0) is 50.2 Å². The highest BCUT2D eigenvalue weighted by Gasteiger charge is 2.11. The molecule has 0 unspecified atom stereocenters. The number of aryl methyl sites for hydroxylation is 2. The average Bonchev–Trinajstić information content (AvgIpc) is 3.03. The van der Waals surface area contributed by atoms with E-state index in [4.69, 9.17) is 0 Å². The molecule has 0 fully saturated rings. The van der Waals surface area contributed by atoms with Gasteiger partial charge in [-0.2, -0.15) is 0 Å². The molecule has 0 aliphatic rings. The number of carbonyl (C=O) groups excluding carboxylic acids is 1. The molecule has 0 saturated heterocycles. The Hall–Kier alpha value is -3.54. The first-order valence-electron chi connectivity index (χ1n) is 8.80. The minimum Gasteiger partial charge on any atom is -0.345 e. The van der Waals surface area contributed by atoms with Crippen molar-refractivity contribution in [2.75, 3.05) is 5.32 Å². The lowest BCUT2D eigenvalue weighted by molar-refractivity contribution is 0.102. The van der Waals surface area contributed by atoms with Gasteiger partial charge in [0, 0.05) is 47.4 Å². The maximum Gasteiger partial charge on any atom is 0.258 e. The molecule has 0 atom stereocenters. The molecule has 6 nitrogen and oxygen atoms in total. The Morgan fingerprint density at radius 3 is 2.59 bits per heavy atom. The highest BCUT2D eigenvalue weighted by molar-refractivity contribution is 6.04. The monoisotopic (exact) mass is 357 g/mol. The minimum absolute atomic E-state index is 0.242. The van der Waals surface area contributed by atoms with Crippen molar-refractivity contribution in [1.82, 2.24) is 19.5 Å². The maximum absolute atomic E-state index is 12.5. The summed E-state index contributed by atoms with van der Waals surface area (Å²) in [6.07, 6.45) is 4.72. The second-order valence-corrected chi connectivity index (χ2v) is 6.27. The molecule has 0 spiro atoms. The van der Waals surface area contributed by atoms with Crippen molar-refractivity contribution in [2.45, 2.75) is 20.4 Å². The highest BCUT2D eigenvalue weighted by atomic mass is 16.1. The van der Waals surface area contributed by atoms with Crippen molar-refractivity contribution in [1.29, 1.82) is 0 Å². The summed E-state index contributed by atoms with van der Waals surface area (Å²) in [6.45, 7) is 5.12. The van der Waals surface area contributed by atoms with Crippen LogP contribution < -0.4 is 5.32 Å². The van der Waals surface area contributed by atoms with Crippen LogP contribution in [0.1, 0.15) is 23.0 Å². The Morgan fingerprint density at radius 1 is 1.07 bits per heavy atom. The van der Waals surface area contributed by atoms with E-state index in [1.165, 1.54) is 18.1 Å². The number of anilines is 1. The Morgan fingerprint density at radius 2 is 1.89 bits per heavy atom. The van der Waals surface area contributed by atoms with Crippen molar-refractivity contribution in [3.05, 3.63) is 72.3 Å². The summed E-state index contributed by atoms with van der Waals surface area (Å²) >= 11 is 0. The first-order valence-corrected chi connectivity index (χ1v) is 8.80. The summed E-state index contributed by atoms with van der Waals surface area (Å²) in [7, 11) is 0. The number of hydrogen-bond acceptors (Lipinski definition) is 4. The van der Waals surface area contributed by atoms with Crippen molar-refractivity contribution in [3.63, 3.8) is 0 Å². The van der Waals surface area contributed by atoms with E-state index in [2.05, 4.69) is 44.7 Å². The van der Waals surface area contributed by atoms with Gasteiger partial charge in [0.2, 0.25) is 0 Å². The number of nitrogens with one attached hydrogen (secondary N) is 1. The van der Waals surface area contributed by atoms with Crippen molar-refractivity contribution >= 4 is 22.5 Å². The number of nitrogens with zero attached hydrogens (tertiary/aromatic N) is 4. The fourth-order valence-electron chi connectivity index (χ4n) is 3.18. The van der Waals surface area contributed by atoms with Gasteiger partial charge in [0.1, 0.15) is 5.69 Å². The second-order valence-electron chi connectivity index (χ2n) is 6.27. The Bertz CT molecular complexity index is 1100. The molecule has 0 aliphatic heterocycles. The third-order valence-corrected chi connectivity index (χ3v) is 4.49. The summed E-state index contributed by atoms with van der Waals surface area (Å²) in [5, 5.41) is 4.02. The van der Waals surface area contributed by atoms with Crippen molar-refractivity contribution in [2.24, 2.45) is 0 Å². The summed E-state index contributed by atoms with van der Waals surface area (Å²) in [5.41, 5.74) is 4.18. The predicted molar refractivity (Wildman–Crippen MR) is 106 cm³/mol. The quantitative estimate of drug-likeness (QED) is 0.597.